The van der Waals surface area contributed by atoms with Gasteiger partial charge in [0.1, 0.15) is 10.1 Å². The van der Waals surface area contributed by atoms with Crippen molar-refractivity contribution in [3.05, 3.63) is 33.2 Å². The van der Waals surface area contributed by atoms with Gasteiger partial charge < -0.3 is 4.74 Å². The van der Waals surface area contributed by atoms with Gasteiger partial charge in [0, 0.05) is 29.3 Å². The van der Waals surface area contributed by atoms with E-state index in [2.05, 4.69) is 4.98 Å². The molecule has 23 heavy (non-hydrogen) atoms. The van der Waals surface area contributed by atoms with Crippen molar-refractivity contribution in [2.75, 3.05) is 6.61 Å². The summed E-state index contributed by atoms with van der Waals surface area (Å²) >= 11 is 4.37. The summed E-state index contributed by atoms with van der Waals surface area (Å²) in [4.78, 5) is 30.8. The molecule has 4 rings (SSSR count). The number of nitrogens with zero attached hydrogens (tertiary/aromatic N) is 2. The molecule has 0 saturated carbocycles. The van der Waals surface area contributed by atoms with Crippen molar-refractivity contribution >= 4 is 50.6 Å². The first-order valence-corrected chi connectivity index (χ1v) is 9.64. The van der Waals surface area contributed by atoms with Crippen molar-refractivity contribution in [2.24, 2.45) is 7.05 Å². The number of esters is 1. The molecule has 0 unspecified atom stereocenters. The van der Waals surface area contributed by atoms with Gasteiger partial charge in [0.15, 0.2) is 5.16 Å². The Hall–Kier alpha value is -1.64. The van der Waals surface area contributed by atoms with Crippen molar-refractivity contribution in [3.8, 4) is 10.4 Å². The molecular formula is C15H12N2O3S3. The van der Waals surface area contributed by atoms with Gasteiger partial charge in [-0.1, -0.05) is 17.8 Å². The maximum atomic E-state index is 12.8. The molecule has 3 aromatic heterocycles. The summed E-state index contributed by atoms with van der Waals surface area (Å²) in [5.74, 6) is -0.227. The Balaban J connectivity index is 1.82. The van der Waals surface area contributed by atoms with Crippen LogP contribution in [0.3, 0.4) is 0 Å². The maximum absolute atomic E-state index is 12.8. The number of carbonyl (C=O) groups is 1. The van der Waals surface area contributed by atoms with E-state index >= 15 is 0 Å². The van der Waals surface area contributed by atoms with Crippen LogP contribution in [0, 0.1) is 0 Å². The maximum Gasteiger partial charge on any atom is 0.319 e. The Labute approximate surface area is 143 Å². The highest BCUT2D eigenvalue weighted by Gasteiger charge is 2.29. The zero-order valence-corrected chi connectivity index (χ0v) is 14.6. The van der Waals surface area contributed by atoms with E-state index in [1.165, 1.54) is 27.7 Å². The topological polar surface area (TPSA) is 61.2 Å². The van der Waals surface area contributed by atoms with Gasteiger partial charge in [-0.2, -0.15) is 0 Å². The molecule has 3 aromatic rings. The van der Waals surface area contributed by atoms with E-state index in [0.717, 1.165) is 10.4 Å². The summed E-state index contributed by atoms with van der Waals surface area (Å²) in [6.07, 6.45) is 0.655. The molecular weight excluding hydrogens is 352 g/mol. The summed E-state index contributed by atoms with van der Waals surface area (Å²) in [6, 6.07) is 3.97. The lowest BCUT2D eigenvalue weighted by Gasteiger charge is -2.09. The zero-order valence-electron chi connectivity index (χ0n) is 12.1. The van der Waals surface area contributed by atoms with Crippen LogP contribution in [-0.4, -0.2) is 27.4 Å². The van der Waals surface area contributed by atoms with Crippen LogP contribution in [0.2, 0.25) is 0 Å². The molecule has 0 N–H and O–H groups in total. The van der Waals surface area contributed by atoms with Crippen molar-refractivity contribution < 1.29 is 9.53 Å². The summed E-state index contributed by atoms with van der Waals surface area (Å²) in [5, 5.41) is 4.90. The molecule has 4 heterocycles. The lowest BCUT2D eigenvalue weighted by atomic mass is 10.2. The number of cyclic esters (lactones) is 1. The molecule has 0 spiro atoms. The fourth-order valence-electron chi connectivity index (χ4n) is 2.48. The Kier molecular flexibility index (Phi) is 3.74. The van der Waals surface area contributed by atoms with Crippen LogP contribution in [0.15, 0.2) is 32.8 Å². The number of thioether (sulfide) groups is 1. The molecule has 1 aliphatic heterocycles. The number of rotatable bonds is 3. The van der Waals surface area contributed by atoms with Crippen LogP contribution < -0.4 is 5.56 Å². The number of thiophene rings is 2. The smallest absolute Gasteiger partial charge is 0.319 e. The lowest BCUT2D eigenvalue weighted by molar-refractivity contribution is -0.137. The molecule has 0 aromatic carbocycles. The number of hydrogen-bond donors (Lipinski definition) is 0. The highest BCUT2D eigenvalue weighted by atomic mass is 32.2. The van der Waals surface area contributed by atoms with Gasteiger partial charge in [-0.05, 0) is 11.4 Å². The van der Waals surface area contributed by atoms with E-state index in [0.29, 0.717) is 28.4 Å². The molecule has 0 amide bonds. The standard InChI is InChI=1S/C15H12N2O3S3/c1-17-13(18)11-8(9-3-2-6-21-9)7-22-12(11)16-15(17)23-10-4-5-20-14(10)19/h2-3,6-7,10H,4-5H2,1H3/t10-/m0/s1. The third kappa shape index (κ3) is 2.50. The first-order chi connectivity index (χ1) is 11.1. The molecule has 0 aliphatic carbocycles. The van der Waals surface area contributed by atoms with E-state index in [-0.39, 0.29) is 16.8 Å². The van der Waals surface area contributed by atoms with Crippen molar-refractivity contribution in [3.63, 3.8) is 0 Å². The fraction of sp³-hybridized carbons (Fsp3) is 0.267. The molecule has 1 atom stereocenters. The molecule has 0 bridgehead atoms. The van der Waals surface area contributed by atoms with Crippen molar-refractivity contribution in [2.45, 2.75) is 16.8 Å². The minimum atomic E-state index is -0.276. The minimum absolute atomic E-state index is 0.0754. The fourth-order valence-corrected chi connectivity index (χ4v) is 5.31. The van der Waals surface area contributed by atoms with Gasteiger partial charge in [-0.3, -0.25) is 14.2 Å². The van der Waals surface area contributed by atoms with E-state index in [9.17, 15) is 9.59 Å². The second kappa shape index (κ2) is 5.77. The minimum Gasteiger partial charge on any atom is -0.465 e. The molecule has 0 radical (unpaired) electrons. The van der Waals surface area contributed by atoms with Crippen molar-refractivity contribution in [1.29, 1.82) is 0 Å². The summed E-state index contributed by atoms with van der Waals surface area (Å²) in [7, 11) is 1.70. The van der Waals surface area contributed by atoms with Crippen LogP contribution in [0.4, 0.5) is 0 Å². The first kappa shape index (κ1) is 14.9. The highest BCUT2D eigenvalue weighted by molar-refractivity contribution is 8.00. The normalized spacial score (nSPS) is 17.8. The number of fused-ring (bicyclic) bond motifs is 1. The van der Waals surface area contributed by atoms with Crippen LogP contribution in [-0.2, 0) is 16.6 Å². The number of aromatic nitrogens is 2. The van der Waals surface area contributed by atoms with Gasteiger partial charge >= 0.3 is 5.97 Å². The van der Waals surface area contributed by atoms with Gasteiger partial charge in [0.2, 0.25) is 0 Å². The van der Waals surface area contributed by atoms with E-state index in [1.54, 1.807) is 18.4 Å². The van der Waals surface area contributed by atoms with E-state index < -0.39 is 0 Å². The molecule has 1 aliphatic rings. The van der Waals surface area contributed by atoms with Gasteiger partial charge in [0.05, 0.1) is 12.0 Å². The zero-order chi connectivity index (χ0) is 16.0. The summed E-state index contributed by atoms with van der Waals surface area (Å²) < 4.78 is 6.51. The lowest BCUT2D eigenvalue weighted by Crippen LogP contribution is -2.21. The van der Waals surface area contributed by atoms with Gasteiger partial charge in [-0.25, -0.2) is 4.98 Å². The second-order valence-electron chi connectivity index (χ2n) is 5.13. The average molecular weight is 364 g/mol. The Morgan fingerprint density at radius 2 is 2.26 bits per heavy atom. The number of ether oxygens (including phenoxy) is 1. The van der Waals surface area contributed by atoms with E-state index in [4.69, 9.17) is 4.74 Å². The molecule has 8 heteroatoms. The quantitative estimate of drug-likeness (QED) is 0.528. The van der Waals surface area contributed by atoms with E-state index in [1.807, 2.05) is 22.9 Å². The highest BCUT2D eigenvalue weighted by Crippen LogP contribution is 2.35. The van der Waals surface area contributed by atoms with Crippen LogP contribution in [0.5, 0.6) is 0 Å². The SMILES string of the molecule is Cn1c(S[C@H]2CCOC2=O)nc2scc(-c3cccs3)c2c1=O. The van der Waals surface area contributed by atoms with Gasteiger partial charge in [0.25, 0.3) is 5.56 Å². The average Bonchev–Trinajstić information content (AvgIpc) is 3.25. The van der Waals surface area contributed by atoms with Crippen molar-refractivity contribution in [1.82, 2.24) is 9.55 Å². The Morgan fingerprint density at radius 1 is 1.39 bits per heavy atom. The molecule has 1 fully saturated rings. The van der Waals surface area contributed by atoms with Gasteiger partial charge in [-0.15, -0.1) is 22.7 Å². The summed E-state index contributed by atoms with van der Waals surface area (Å²) in [6.45, 7) is 0.439. The predicted octanol–water partition coefficient (Wildman–Crippen LogP) is 3.13. The van der Waals surface area contributed by atoms with Crippen LogP contribution >= 0.6 is 34.4 Å². The van der Waals surface area contributed by atoms with Crippen LogP contribution in [0.1, 0.15) is 6.42 Å². The predicted molar refractivity (Wildman–Crippen MR) is 93.4 cm³/mol. The Bertz CT molecular complexity index is 943. The molecule has 1 saturated heterocycles. The summed E-state index contributed by atoms with van der Waals surface area (Å²) in [5.41, 5.74) is 0.860. The van der Waals surface area contributed by atoms with Crippen LogP contribution in [0.25, 0.3) is 20.7 Å². The monoisotopic (exact) mass is 364 g/mol. The molecule has 118 valence electrons. The number of carbonyl (C=O) groups excluding carboxylic acids is 1. The second-order valence-corrected chi connectivity index (χ2v) is 8.10. The largest absolute Gasteiger partial charge is 0.465 e. The molecule has 5 nitrogen and oxygen atoms in total. The number of hydrogen-bond acceptors (Lipinski definition) is 7. The third-order valence-electron chi connectivity index (χ3n) is 3.70. The first-order valence-electron chi connectivity index (χ1n) is 7.00. The third-order valence-corrected chi connectivity index (χ3v) is 6.76. The Morgan fingerprint density at radius 3 is 2.96 bits per heavy atom.